The SMILES string of the molecule is Cc1cccc(Nc2ccccc2C(=O)OC(C)CCO)c1C. The van der Waals surface area contributed by atoms with Crippen LogP contribution in [-0.4, -0.2) is 23.8 Å². The van der Waals surface area contributed by atoms with Crippen LogP contribution in [0.2, 0.25) is 0 Å². The van der Waals surface area contributed by atoms with Gasteiger partial charge in [0.05, 0.1) is 11.3 Å². The van der Waals surface area contributed by atoms with E-state index in [0.29, 0.717) is 17.7 Å². The van der Waals surface area contributed by atoms with E-state index in [4.69, 9.17) is 9.84 Å². The maximum absolute atomic E-state index is 12.3. The zero-order valence-corrected chi connectivity index (χ0v) is 13.8. The summed E-state index contributed by atoms with van der Waals surface area (Å²) < 4.78 is 5.37. The number of hydrogen-bond acceptors (Lipinski definition) is 4. The van der Waals surface area contributed by atoms with Crippen molar-refractivity contribution in [2.75, 3.05) is 11.9 Å². The normalized spacial score (nSPS) is 11.8. The lowest BCUT2D eigenvalue weighted by Crippen LogP contribution is -2.17. The summed E-state index contributed by atoms with van der Waals surface area (Å²) >= 11 is 0. The first kappa shape index (κ1) is 17.0. The molecule has 4 nitrogen and oxygen atoms in total. The summed E-state index contributed by atoms with van der Waals surface area (Å²) in [6.07, 6.45) is 0.111. The highest BCUT2D eigenvalue weighted by Crippen LogP contribution is 2.26. The summed E-state index contributed by atoms with van der Waals surface area (Å²) in [4.78, 5) is 12.3. The second-order valence-electron chi connectivity index (χ2n) is 5.65. The summed E-state index contributed by atoms with van der Waals surface area (Å²) in [5.41, 5.74) is 4.49. The van der Waals surface area contributed by atoms with Gasteiger partial charge in [-0.15, -0.1) is 0 Å². The Bertz CT molecular complexity index is 682. The largest absolute Gasteiger partial charge is 0.459 e. The van der Waals surface area contributed by atoms with E-state index in [2.05, 4.69) is 18.3 Å². The van der Waals surface area contributed by atoms with Crippen LogP contribution in [0.5, 0.6) is 0 Å². The Labute approximate surface area is 137 Å². The minimum absolute atomic E-state index is 0.00314. The van der Waals surface area contributed by atoms with Crippen LogP contribution in [0.15, 0.2) is 42.5 Å². The Kier molecular flexibility index (Phi) is 5.77. The molecule has 1 unspecified atom stereocenters. The van der Waals surface area contributed by atoms with Gasteiger partial charge in [-0.3, -0.25) is 0 Å². The minimum Gasteiger partial charge on any atom is -0.459 e. The maximum atomic E-state index is 12.3. The number of aliphatic hydroxyl groups is 1. The lowest BCUT2D eigenvalue weighted by molar-refractivity contribution is 0.0291. The van der Waals surface area contributed by atoms with E-state index in [-0.39, 0.29) is 18.7 Å². The Morgan fingerprint density at radius 3 is 2.57 bits per heavy atom. The van der Waals surface area contributed by atoms with Gasteiger partial charge in [0.2, 0.25) is 0 Å². The summed E-state index contributed by atoms with van der Waals surface area (Å²) in [5, 5.41) is 12.2. The molecular formula is C19H23NO3. The number of carbonyl (C=O) groups excluding carboxylic acids is 1. The molecule has 0 aliphatic heterocycles. The predicted octanol–water partition coefficient (Wildman–Crippen LogP) is 3.97. The van der Waals surface area contributed by atoms with Crippen LogP contribution in [0.1, 0.15) is 34.8 Å². The van der Waals surface area contributed by atoms with Gasteiger partial charge in [0.1, 0.15) is 6.10 Å². The summed E-state index contributed by atoms with van der Waals surface area (Å²) in [6, 6.07) is 13.3. The fourth-order valence-corrected chi connectivity index (χ4v) is 2.29. The number of hydrogen-bond donors (Lipinski definition) is 2. The fourth-order valence-electron chi connectivity index (χ4n) is 2.29. The van der Waals surface area contributed by atoms with Gasteiger partial charge in [-0.1, -0.05) is 24.3 Å². The van der Waals surface area contributed by atoms with Crippen molar-refractivity contribution in [1.29, 1.82) is 0 Å². The second kappa shape index (κ2) is 7.79. The second-order valence-corrected chi connectivity index (χ2v) is 5.65. The lowest BCUT2D eigenvalue weighted by Gasteiger charge is -2.16. The number of para-hydroxylation sites is 1. The molecule has 1 atom stereocenters. The first-order valence-electron chi connectivity index (χ1n) is 7.77. The molecular weight excluding hydrogens is 290 g/mol. The monoisotopic (exact) mass is 313 g/mol. The van der Waals surface area contributed by atoms with Crippen molar-refractivity contribution in [1.82, 2.24) is 0 Å². The summed E-state index contributed by atoms with van der Waals surface area (Å²) in [5.74, 6) is -0.389. The molecule has 0 heterocycles. The quantitative estimate of drug-likeness (QED) is 0.792. The van der Waals surface area contributed by atoms with Crippen molar-refractivity contribution in [3.05, 3.63) is 59.2 Å². The summed E-state index contributed by atoms with van der Waals surface area (Å²) in [6.45, 7) is 5.87. The van der Waals surface area contributed by atoms with Gasteiger partial charge in [0, 0.05) is 18.7 Å². The van der Waals surface area contributed by atoms with E-state index in [0.717, 1.165) is 11.3 Å². The number of aliphatic hydroxyl groups excluding tert-OH is 1. The third-order valence-electron chi connectivity index (χ3n) is 3.86. The zero-order valence-electron chi connectivity index (χ0n) is 13.8. The number of carbonyl (C=O) groups is 1. The van der Waals surface area contributed by atoms with E-state index in [1.54, 1.807) is 13.0 Å². The topological polar surface area (TPSA) is 58.6 Å². The number of rotatable bonds is 6. The molecule has 2 aromatic rings. The van der Waals surface area contributed by atoms with Crippen molar-refractivity contribution >= 4 is 17.3 Å². The molecule has 0 radical (unpaired) electrons. The smallest absolute Gasteiger partial charge is 0.340 e. The third kappa shape index (κ3) is 4.33. The van der Waals surface area contributed by atoms with Crippen LogP contribution in [0.4, 0.5) is 11.4 Å². The number of esters is 1. The Morgan fingerprint density at radius 1 is 1.13 bits per heavy atom. The average molecular weight is 313 g/mol. The van der Waals surface area contributed by atoms with Gasteiger partial charge >= 0.3 is 5.97 Å². The van der Waals surface area contributed by atoms with E-state index in [1.165, 1.54) is 5.56 Å². The van der Waals surface area contributed by atoms with Crippen LogP contribution < -0.4 is 5.32 Å². The molecule has 2 aromatic carbocycles. The van der Waals surface area contributed by atoms with Crippen molar-refractivity contribution in [2.24, 2.45) is 0 Å². The first-order chi connectivity index (χ1) is 11.0. The molecule has 4 heteroatoms. The number of anilines is 2. The molecule has 0 spiro atoms. The van der Waals surface area contributed by atoms with Crippen molar-refractivity contribution in [2.45, 2.75) is 33.3 Å². The highest BCUT2D eigenvalue weighted by molar-refractivity contribution is 5.96. The number of ether oxygens (including phenoxy) is 1. The fraction of sp³-hybridized carbons (Fsp3) is 0.316. The molecule has 0 aliphatic rings. The first-order valence-corrected chi connectivity index (χ1v) is 7.77. The van der Waals surface area contributed by atoms with Crippen LogP contribution >= 0.6 is 0 Å². The average Bonchev–Trinajstić information content (AvgIpc) is 2.52. The van der Waals surface area contributed by atoms with Crippen molar-refractivity contribution < 1.29 is 14.6 Å². The van der Waals surface area contributed by atoms with Crippen LogP contribution in [0, 0.1) is 13.8 Å². The molecule has 0 aromatic heterocycles. The number of benzene rings is 2. The Morgan fingerprint density at radius 2 is 1.83 bits per heavy atom. The van der Waals surface area contributed by atoms with Crippen molar-refractivity contribution in [3.63, 3.8) is 0 Å². The maximum Gasteiger partial charge on any atom is 0.340 e. The molecule has 0 saturated heterocycles. The molecule has 122 valence electrons. The van der Waals surface area contributed by atoms with Gasteiger partial charge in [0.15, 0.2) is 0 Å². The van der Waals surface area contributed by atoms with Crippen LogP contribution in [0.3, 0.4) is 0 Å². The molecule has 2 rings (SSSR count). The van der Waals surface area contributed by atoms with Crippen molar-refractivity contribution in [3.8, 4) is 0 Å². The molecule has 23 heavy (non-hydrogen) atoms. The number of aryl methyl sites for hydroxylation is 1. The van der Waals surface area contributed by atoms with Gasteiger partial charge < -0.3 is 15.2 Å². The number of nitrogens with one attached hydrogen (secondary N) is 1. The lowest BCUT2D eigenvalue weighted by atomic mass is 10.1. The molecule has 2 N–H and O–H groups in total. The van der Waals surface area contributed by atoms with Crippen LogP contribution in [-0.2, 0) is 4.74 Å². The Balaban J connectivity index is 2.24. The molecule has 0 aliphatic carbocycles. The van der Waals surface area contributed by atoms with E-state index >= 15 is 0 Å². The van der Waals surface area contributed by atoms with Gasteiger partial charge in [-0.05, 0) is 50.1 Å². The molecule has 0 bridgehead atoms. The van der Waals surface area contributed by atoms with Gasteiger partial charge in [-0.2, -0.15) is 0 Å². The molecule has 0 fully saturated rings. The zero-order chi connectivity index (χ0) is 16.8. The highest BCUT2D eigenvalue weighted by Gasteiger charge is 2.16. The van der Waals surface area contributed by atoms with Crippen LogP contribution in [0.25, 0.3) is 0 Å². The van der Waals surface area contributed by atoms with E-state index in [9.17, 15) is 4.79 Å². The molecule has 0 amide bonds. The third-order valence-corrected chi connectivity index (χ3v) is 3.86. The highest BCUT2D eigenvalue weighted by atomic mass is 16.5. The van der Waals surface area contributed by atoms with Gasteiger partial charge in [0.25, 0.3) is 0 Å². The standard InChI is InChI=1S/C19H23NO3/c1-13-7-6-10-17(15(13)3)20-18-9-5-4-8-16(18)19(22)23-14(2)11-12-21/h4-10,14,20-21H,11-12H2,1-3H3. The van der Waals surface area contributed by atoms with E-state index < -0.39 is 0 Å². The van der Waals surface area contributed by atoms with E-state index in [1.807, 2.05) is 37.3 Å². The predicted molar refractivity (Wildman–Crippen MR) is 92.2 cm³/mol. The van der Waals surface area contributed by atoms with Gasteiger partial charge in [-0.25, -0.2) is 4.79 Å². The minimum atomic E-state index is -0.389. The Hall–Kier alpha value is -2.33. The summed E-state index contributed by atoms with van der Waals surface area (Å²) in [7, 11) is 0. The molecule has 0 saturated carbocycles.